The molecule has 0 bridgehead atoms. The van der Waals surface area contributed by atoms with Crippen LogP contribution in [0.1, 0.15) is 10.4 Å². The number of aromatic carboxylic acids is 1. The van der Waals surface area contributed by atoms with Crippen LogP contribution in [0.2, 0.25) is 10.0 Å². The predicted octanol–water partition coefficient (Wildman–Crippen LogP) is 4.45. The minimum atomic E-state index is -1.28. The molecule has 1 aromatic heterocycles. The molecule has 3 rings (SSSR count). The van der Waals surface area contributed by atoms with Crippen LogP contribution >= 0.6 is 23.2 Å². The maximum absolute atomic E-state index is 14.5. The van der Waals surface area contributed by atoms with Gasteiger partial charge in [0.1, 0.15) is 5.52 Å². The molecule has 0 radical (unpaired) electrons. The van der Waals surface area contributed by atoms with E-state index in [0.29, 0.717) is 16.2 Å². The summed E-state index contributed by atoms with van der Waals surface area (Å²) in [7, 11) is 0. The van der Waals surface area contributed by atoms with Gasteiger partial charge in [-0.2, -0.15) is 0 Å². The van der Waals surface area contributed by atoms with E-state index in [9.17, 15) is 14.3 Å². The number of rotatable bonds is 3. The molecule has 22 heavy (non-hydrogen) atoms. The molecule has 0 aliphatic rings. The molecule has 0 amide bonds. The number of hydrogen-bond acceptors (Lipinski definition) is 3. The summed E-state index contributed by atoms with van der Waals surface area (Å²) < 4.78 is 14.5. The number of carbonyl (C=O) groups is 1. The van der Waals surface area contributed by atoms with E-state index < -0.39 is 11.8 Å². The Morgan fingerprint density at radius 3 is 2.77 bits per heavy atom. The molecule has 112 valence electrons. The van der Waals surface area contributed by atoms with Crippen molar-refractivity contribution in [3.8, 4) is 0 Å². The molecular formula is C14H8Cl2FN3O2. The van der Waals surface area contributed by atoms with Gasteiger partial charge in [-0.1, -0.05) is 23.2 Å². The molecule has 5 nitrogen and oxygen atoms in total. The van der Waals surface area contributed by atoms with E-state index >= 15 is 0 Å². The number of imidazole rings is 1. The Morgan fingerprint density at radius 1 is 1.32 bits per heavy atom. The Balaban J connectivity index is 2.18. The second kappa shape index (κ2) is 5.47. The van der Waals surface area contributed by atoms with Gasteiger partial charge < -0.3 is 15.4 Å². The quantitative estimate of drug-likeness (QED) is 0.658. The Kier molecular flexibility index (Phi) is 3.64. The number of carboxylic acids is 1. The van der Waals surface area contributed by atoms with Crippen molar-refractivity contribution in [2.45, 2.75) is 0 Å². The zero-order chi connectivity index (χ0) is 15.9. The number of nitrogens with zero attached hydrogens (tertiary/aromatic N) is 1. The fourth-order valence-electron chi connectivity index (χ4n) is 2.06. The van der Waals surface area contributed by atoms with Crippen LogP contribution < -0.4 is 5.32 Å². The summed E-state index contributed by atoms with van der Waals surface area (Å²) in [5, 5.41) is 12.6. The number of hydrogen-bond donors (Lipinski definition) is 3. The van der Waals surface area contributed by atoms with E-state index in [-0.39, 0.29) is 21.8 Å². The first-order valence-corrected chi connectivity index (χ1v) is 6.84. The minimum Gasteiger partial charge on any atom is -0.478 e. The normalized spacial score (nSPS) is 10.9. The molecule has 0 aliphatic carbocycles. The number of halogens is 3. The van der Waals surface area contributed by atoms with Gasteiger partial charge in [-0.25, -0.2) is 14.2 Å². The van der Waals surface area contributed by atoms with E-state index in [1.54, 1.807) is 6.07 Å². The third-order valence-corrected chi connectivity index (χ3v) is 3.62. The summed E-state index contributed by atoms with van der Waals surface area (Å²) in [6.45, 7) is 0. The van der Waals surface area contributed by atoms with Crippen molar-refractivity contribution >= 4 is 51.6 Å². The number of benzene rings is 2. The van der Waals surface area contributed by atoms with Crippen LogP contribution in [0.5, 0.6) is 0 Å². The maximum Gasteiger partial charge on any atom is 0.338 e. The molecule has 0 saturated carbocycles. The average molecular weight is 340 g/mol. The highest BCUT2D eigenvalue weighted by Crippen LogP contribution is 2.33. The van der Waals surface area contributed by atoms with Gasteiger partial charge in [-0.15, -0.1) is 0 Å². The second-order valence-corrected chi connectivity index (χ2v) is 5.31. The third-order valence-electron chi connectivity index (χ3n) is 3.08. The fraction of sp³-hybridized carbons (Fsp3) is 0. The van der Waals surface area contributed by atoms with Crippen molar-refractivity contribution in [1.29, 1.82) is 0 Å². The zero-order valence-corrected chi connectivity index (χ0v) is 12.3. The molecule has 0 spiro atoms. The Morgan fingerprint density at radius 2 is 2.09 bits per heavy atom. The predicted molar refractivity (Wildman–Crippen MR) is 82.8 cm³/mol. The second-order valence-electron chi connectivity index (χ2n) is 4.47. The third kappa shape index (κ3) is 2.47. The molecule has 0 saturated heterocycles. The average Bonchev–Trinajstić information content (AvgIpc) is 2.92. The van der Waals surface area contributed by atoms with Gasteiger partial charge in [0.2, 0.25) is 0 Å². The van der Waals surface area contributed by atoms with Gasteiger partial charge >= 0.3 is 5.97 Å². The van der Waals surface area contributed by atoms with E-state index in [4.69, 9.17) is 23.2 Å². The summed E-state index contributed by atoms with van der Waals surface area (Å²) in [4.78, 5) is 17.9. The van der Waals surface area contributed by atoms with Gasteiger partial charge in [0, 0.05) is 5.02 Å². The first-order chi connectivity index (χ1) is 10.5. The van der Waals surface area contributed by atoms with Gasteiger partial charge in [0.05, 0.1) is 33.8 Å². The lowest BCUT2D eigenvalue weighted by atomic mass is 10.1. The van der Waals surface area contributed by atoms with Crippen molar-refractivity contribution < 1.29 is 14.3 Å². The fourth-order valence-corrected chi connectivity index (χ4v) is 2.51. The monoisotopic (exact) mass is 339 g/mol. The number of fused-ring (bicyclic) bond motifs is 1. The number of anilines is 2. The topological polar surface area (TPSA) is 78.0 Å². The number of nitrogens with one attached hydrogen (secondary N) is 2. The standard InChI is InChI=1S/C14H8Cl2FN3O2/c15-6-1-2-9(8(16)3-6)20-12-7(14(21)22)4-10-13(11(12)17)19-5-18-10/h1-5,20H,(H,18,19)(H,21,22). The van der Waals surface area contributed by atoms with Gasteiger partial charge in [0.25, 0.3) is 0 Å². The lowest BCUT2D eigenvalue weighted by Crippen LogP contribution is -2.06. The van der Waals surface area contributed by atoms with Gasteiger partial charge in [-0.05, 0) is 24.3 Å². The highest BCUT2D eigenvalue weighted by Gasteiger charge is 2.20. The van der Waals surface area contributed by atoms with Crippen LogP contribution in [-0.2, 0) is 0 Å². The Hall–Kier alpha value is -2.31. The number of carboxylic acid groups (broad SMARTS) is 1. The van der Waals surface area contributed by atoms with Crippen molar-refractivity contribution in [2.24, 2.45) is 0 Å². The number of H-pyrrole nitrogens is 1. The first kappa shape index (κ1) is 14.6. The van der Waals surface area contributed by atoms with Gasteiger partial charge in [-0.3, -0.25) is 0 Å². The van der Waals surface area contributed by atoms with Crippen LogP contribution in [0.3, 0.4) is 0 Å². The summed E-state index contributed by atoms with van der Waals surface area (Å²) in [5.41, 5.74) is 0.221. The summed E-state index contributed by atoms with van der Waals surface area (Å²) in [6.07, 6.45) is 1.29. The van der Waals surface area contributed by atoms with Crippen molar-refractivity contribution in [1.82, 2.24) is 9.97 Å². The molecule has 0 fully saturated rings. The van der Waals surface area contributed by atoms with Crippen LogP contribution in [-0.4, -0.2) is 21.0 Å². The summed E-state index contributed by atoms with van der Waals surface area (Å²) in [6, 6.07) is 5.86. The van der Waals surface area contributed by atoms with Crippen LogP contribution in [0.25, 0.3) is 11.0 Å². The van der Waals surface area contributed by atoms with E-state index in [0.717, 1.165) is 0 Å². The highest BCUT2D eigenvalue weighted by molar-refractivity contribution is 6.36. The van der Waals surface area contributed by atoms with Crippen LogP contribution in [0.4, 0.5) is 15.8 Å². The van der Waals surface area contributed by atoms with Crippen LogP contribution in [0, 0.1) is 5.82 Å². The molecular weight excluding hydrogens is 332 g/mol. The summed E-state index contributed by atoms with van der Waals surface area (Å²) in [5.74, 6) is -2.05. The smallest absolute Gasteiger partial charge is 0.338 e. The molecule has 2 aromatic carbocycles. The molecule has 3 N–H and O–H groups in total. The van der Waals surface area contributed by atoms with E-state index in [2.05, 4.69) is 15.3 Å². The lowest BCUT2D eigenvalue weighted by Gasteiger charge is -2.12. The van der Waals surface area contributed by atoms with Crippen molar-refractivity contribution in [3.63, 3.8) is 0 Å². The van der Waals surface area contributed by atoms with Crippen molar-refractivity contribution in [3.05, 3.63) is 52.0 Å². The number of aromatic nitrogens is 2. The number of aromatic amines is 1. The minimum absolute atomic E-state index is 0.0394. The Labute approximate surface area is 133 Å². The van der Waals surface area contributed by atoms with Crippen LogP contribution in [0.15, 0.2) is 30.6 Å². The molecule has 0 atom stereocenters. The van der Waals surface area contributed by atoms with E-state index in [1.807, 2.05) is 0 Å². The van der Waals surface area contributed by atoms with Crippen molar-refractivity contribution in [2.75, 3.05) is 5.32 Å². The first-order valence-electron chi connectivity index (χ1n) is 6.08. The SMILES string of the molecule is O=C(O)c1cc2[nH]cnc2c(F)c1Nc1ccc(Cl)cc1Cl. The van der Waals surface area contributed by atoms with Gasteiger partial charge in [0.15, 0.2) is 5.82 Å². The van der Waals surface area contributed by atoms with E-state index in [1.165, 1.54) is 24.5 Å². The molecule has 0 unspecified atom stereocenters. The molecule has 0 aliphatic heterocycles. The largest absolute Gasteiger partial charge is 0.478 e. The lowest BCUT2D eigenvalue weighted by molar-refractivity contribution is 0.0697. The maximum atomic E-state index is 14.5. The summed E-state index contributed by atoms with van der Waals surface area (Å²) >= 11 is 11.8. The zero-order valence-electron chi connectivity index (χ0n) is 10.8. The Bertz CT molecular complexity index is 895. The molecule has 8 heteroatoms. The molecule has 1 heterocycles. The highest BCUT2D eigenvalue weighted by atomic mass is 35.5. The molecule has 3 aromatic rings.